The molecule has 0 radical (unpaired) electrons. The summed E-state index contributed by atoms with van der Waals surface area (Å²) in [6.45, 7) is 7.58. The van der Waals surface area contributed by atoms with Gasteiger partial charge in [0.15, 0.2) is 0 Å². The molecule has 1 aromatic rings. The van der Waals surface area contributed by atoms with Crippen LogP contribution in [0.2, 0.25) is 0 Å². The first-order valence-corrected chi connectivity index (χ1v) is 8.55. The van der Waals surface area contributed by atoms with Crippen molar-refractivity contribution in [2.24, 2.45) is 0 Å². The van der Waals surface area contributed by atoms with Crippen molar-refractivity contribution in [2.75, 3.05) is 31.6 Å². The highest BCUT2D eigenvalue weighted by atomic mass is 16.5. The number of hydrogen-bond acceptors (Lipinski definition) is 3. The van der Waals surface area contributed by atoms with Gasteiger partial charge in [-0.3, -0.25) is 4.90 Å². The van der Waals surface area contributed by atoms with Crippen molar-refractivity contribution in [2.45, 2.75) is 51.7 Å². The summed E-state index contributed by atoms with van der Waals surface area (Å²) >= 11 is 0. The van der Waals surface area contributed by atoms with E-state index in [-0.39, 0.29) is 0 Å². The van der Waals surface area contributed by atoms with E-state index in [9.17, 15) is 0 Å². The van der Waals surface area contributed by atoms with Crippen molar-refractivity contribution in [1.82, 2.24) is 4.90 Å². The number of rotatable bonds is 5. The van der Waals surface area contributed by atoms with Gasteiger partial charge in [0.05, 0.1) is 6.10 Å². The fourth-order valence-electron chi connectivity index (χ4n) is 3.46. The molecule has 1 N–H and O–H groups in total. The summed E-state index contributed by atoms with van der Waals surface area (Å²) in [4.78, 5) is 2.56. The third-order valence-corrected chi connectivity index (χ3v) is 4.53. The lowest BCUT2D eigenvalue weighted by Gasteiger charge is -2.33. The average Bonchev–Trinajstić information content (AvgIpc) is 2.53. The zero-order valence-corrected chi connectivity index (χ0v) is 13.2. The molecule has 3 heteroatoms. The minimum absolute atomic E-state index is 0.443. The Morgan fingerprint density at radius 1 is 1.33 bits per heavy atom. The Morgan fingerprint density at radius 3 is 3.19 bits per heavy atom. The fraction of sp³-hybridized carbons (Fsp3) is 0.667. The molecule has 1 unspecified atom stereocenters. The molecule has 2 aliphatic rings. The smallest absolute Gasteiger partial charge is 0.0702 e. The molecular weight excluding hydrogens is 260 g/mol. The second kappa shape index (κ2) is 7.28. The van der Waals surface area contributed by atoms with Crippen LogP contribution in [0.15, 0.2) is 18.2 Å². The Hall–Kier alpha value is -1.06. The zero-order valence-electron chi connectivity index (χ0n) is 13.2. The molecule has 3 rings (SSSR count). The molecular formula is C18H28N2O. The molecule has 0 amide bonds. The van der Waals surface area contributed by atoms with Crippen LogP contribution in [0.3, 0.4) is 0 Å². The summed E-state index contributed by atoms with van der Waals surface area (Å²) in [5.74, 6) is 0. The quantitative estimate of drug-likeness (QED) is 0.898. The van der Waals surface area contributed by atoms with Crippen molar-refractivity contribution in [1.29, 1.82) is 0 Å². The molecule has 0 spiro atoms. The molecule has 21 heavy (non-hydrogen) atoms. The van der Waals surface area contributed by atoms with Crippen molar-refractivity contribution >= 4 is 5.69 Å². The van der Waals surface area contributed by atoms with Gasteiger partial charge in [0.25, 0.3) is 0 Å². The van der Waals surface area contributed by atoms with Gasteiger partial charge in [0, 0.05) is 31.9 Å². The van der Waals surface area contributed by atoms with Crippen molar-refractivity contribution in [3.8, 4) is 0 Å². The van der Waals surface area contributed by atoms with Gasteiger partial charge in [0.1, 0.15) is 0 Å². The summed E-state index contributed by atoms with van der Waals surface area (Å²) in [5, 5.41) is 3.49. The molecule has 0 bridgehead atoms. The summed E-state index contributed by atoms with van der Waals surface area (Å²) in [6, 6.07) is 6.95. The maximum Gasteiger partial charge on any atom is 0.0702 e. The van der Waals surface area contributed by atoms with E-state index in [4.69, 9.17) is 4.74 Å². The number of piperidine rings is 1. The van der Waals surface area contributed by atoms with Crippen LogP contribution in [0.1, 0.15) is 43.7 Å². The van der Waals surface area contributed by atoms with Gasteiger partial charge in [-0.1, -0.05) is 19.1 Å². The molecule has 0 aromatic heterocycles. The monoisotopic (exact) mass is 288 g/mol. The minimum atomic E-state index is 0.443. The predicted molar refractivity (Wildman–Crippen MR) is 87.8 cm³/mol. The summed E-state index contributed by atoms with van der Waals surface area (Å²) in [6.07, 6.45) is 6.53. The first kappa shape index (κ1) is 14.9. The number of anilines is 1. The van der Waals surface area contributed by atoms with Gasteiger partial charge in [-0.15, -0.1) is 0 Å². The summed E-state index contributed by atoms with van der Waals surface area (Å²) in [5.41, 5.74) is 4.29. The van der Waals surface area contributed by atoms with E-state index in [1.54, 1.807) is 0 Å². The minimum Gasteiger partial charge on any atom is -0.385 e. The molecule has 1 saturated heterocycles. The van der Waals surface area contributed by atoms with Crippen LogP contribution in [0.4, 0.5) is 5.69 Å². The Labute approximate surface area is 128 Å². The van der Waals surface area contributed by atoms with E-state index in [1.807, 2.05) is 0 Å². The van der Waals surface area contributed by atoms with E-state index in [0.29, 0.717) is 6.10 Å². The number of hydrogen-bond donors (Lipinski definition) is 1. The van der Waals surface area contributed by atoms with Crippen LogP contribution in [-0.2, 0) is 17.7 Å². The normalized spacial score (nSPS) is 22.6. The first-order chi connectivity index (χ1) is 10.3. The molecule has 3 nitrogen and oxygen atoms in total. The van der Waals surface area contributed by atoms with Gasteiger partial charge in [-0.25, -0.2) is 0 Å². The number of nitrogens with one attached hydrogen (secondary N) is 1. The molecule has 1 aromatic carbocycles. The van der Waals surface area contributed by atoms with Crippen LogP contribution in [0.5, 0.6) is 0 Å². The number of nitrogens with zero attached hydrogens (tertiary/aromatic N) is 1. The maximum absolute atomic E-state index is 5.94. The SMILES string of the molecule is CCCOC1CCCN(Cc2ccc3c(c2)CCCN3)C1. The lowest BCUT2D eigenvalue weighted by Crippen LogP contribution is -2.39. The highest BCUT2D eigenvalue weighted by Gasteiger charge is 2.20. The standard InChI is InChI=1S/C18H28N2O/c1-2-11-21-17-6-4-10-20(14-17)13-15-7-8-18-16(12-15)5-3-9-19-18/h7-8,12,17,19H,2-6,9-11,13-14H2,1H3. The van der Waals surface area contributed by atoms with E-state index in [0.717, 1.165) is 32.7 Å². The van der Waals surface area contributed by atoms with Gasteiger partial charge in [0.2, 0.25) is 0 Å². The van der Waals surface area contributed by atoms with Crippen molar-refractivity contribution in [3.63, 3.8) is 0 Å². The number of fused-ring (bicyclic) bond motifs is 1. The van der Waals surface area contributed by atoms with Crippen LogP contribution in [0.25, 0.3) is 0 Å². The Balaban J connectivity index is 1.58. The Bertz CT molecular complexity index is 461. The van der Waals surface area contributed by atoms with Gasteiger partial charge < -0.3 is 10.1 Å². The molecule has 2 heterocycles. The highest BCUT2D eigenvalue weighted by Crippen LogP contribution is 2.24. The molecule has 1 fully saturated rings. The van der Waals surface area contributed by atoms with Gasteiger partial charge >= 0.3 is 0 Å². The maximum atomic E-state index is 5.94. The molecule has 2 aliphatic heterocycles. The van der Waals surface area contributed by atoms with Crippen LogP contribution in [-0.4, -0.2) is 37.2 Å². The molecule has 0 aliphatic carbocycles. The van der Waals surface area contributed by atoms with Crippen molar-refractivity contribution < 1.29 is 4.74 Å². The van der Waals surface area contributed by atoms with Gasteiger partial charge in [-0.2, -0.15) is 0 Å². The average molecular weight is 288 g/mol. The second-order valence-corrected chi connectivity index (χ2v) is 6.39. The number of benzene rings is 1. The molecule has 1 atom stereocenters. The lowest BCUT2D eigenvalue weighted by molar-refractivity contribution is -0.00223. The largest absolute Gasteiger partial charge is 0.385 e. The number of aryl methyl sites for hydroxylation is 1. The van der Waals surface area contributed by atoms with E-state index in [1.165, 1.54) is 49.0 Å². The first-order valence-electron chi connectivity index (χ1n) is 8.55. The second-order valence-electron chi connectivity index (χ2n) is 6.39. The van der Waals surface area contributed by atoms with Crippen LogP contribution in [0, 0.1) is 0 Å². The van der Waals surface area contributed by atoms with Crippen LogP contribution >= 0.6 is 0 Å². The number of ether oxygens (including phenoxy) is 1. The summed E-state index contributed by atoms with van der Waals surface area (Å²) < 4.78 is 5.94. The highest BCUT2D eigenvalue weighted by molar-refractivity contribution is 5.54. The third kappa shape index (κ3) is 3.98. The van der Waals surface area contributed by atoms with Crippen molar-refractivity contribution in [3.05, 3.63) is 29.3 Å². The molecule has 116 valence electrons. The zero-order chi connectivity index (χ0) is 14.5. The van der Waals surface area contributed by atoms with E-state index < -0.39 is 0 Å². The van der Waals surface area contributed by atoms with E-state index >= 15 is 0 Å². The topological polar surface area (TPSA) is 24.5 Å². The fourth-order valence-corrected chi connectivity index (χ4v) is 3.46. The van der Waals surface area contributed by atoms with Crippen LogP contribution < -0.4 is 5.32 Å². The predicted octanol–water partition coefficient (Wildman–Crippen LogP) is 3.44. The number of likely N-dealkylation sites (tertiary alicyclic amines) is 1. The summed E-state index contributed by atoms with van der Waals surface area (Å²) in [7, 11) is 0. The lowest BCUT2D eigenvalue weighted by atomic mass is 10.00. The third-order valence-electron chi connectivity index (χ3n) is 4.53. The Kier molecular flexibility index (Phi) is 5.15. The van der Waals surface area contributed by atoms with Gasteiger partial charge in [-0.05, 0) is 55.8 Å². The molecule has 0 saturated carbocycles. The van der Waals surface area contributed by atoms with E-state index in [2.05, 4.69) is 35.3 Å². The Morgan fingerprint density at radius 2 is 2.29 bits per heavy atom.